The van der Waals surface area contributed by atoms with Gasteiger partial charge in [0.2, 0.25) is 5.91 Å². The highest BCUT2D eigenvalue weighted by atomic mass is 35.5. The van der Waals surface area contributed by atoms with Crippen molar-refractivity contribution in [3.8, 4) is 0 Å². The van der Waals surface area contributed by atoms with Crippen LogP contribution in [0.4, 0.5) is 17.3 Å². The van der Waals surface area contributed by atoms with Gasteiger partial charge in [0.25, 0.3) is 0 Å². The molecule has 3 atom stereocenters. The number of imidazole rings is 1. The van der Waals surface area contributed by atoms with Gasteiger partial charge >= 0.3 is 0 Å². The summed E-state index contributed by atoms with van der Waals surface area (Å²) in [6.45, 7) is 3.18. The molecule has 2 saturated carbocycles. The molecule has 3 aromatic heterocycles. The predicted octanol–water partition coefficient (Wildman–Crippen LogP) is 4.12. The fourth-order valence-electron chi connectivity index (χ4n) is 5.99. The highest BCUT2D eigenvalue weighted by Gasteiger charge is 2.44. The first-order valence-electron chi connectivity index (χ1n) is 14.6. The number of pyridine rings is 1. The van der Waals surface area contributed by atoms with Crippen molar-refractivity contribution in [2.24, 2.45) is 5.92 Å². The van der Waals surface area contributed by atoms with Gasteiger partial charge in [-0.25, -0.2) is 15.0 Å². The van der Waals surface area contributed by atoms with Crippen LogP contribution in [0.1, 0.15) is 47.9 Å². The Hall–Kier alpha value is -3.73. The Kier molecular flexibility index (Phi) is 7.21. The van der Waals surface area contributed by atoms with Crippen LogP contribution in [0.2, 0.25) is 5.02 Å². The van der Waals surface area contributed by atoms with Crippen LogP contribution in [0, 0.1) is 5.92 Å². The van der Waals surface area contributed by atoms with E-state index < -0.39 is 0 Å². The molecule has 1 aromatic carbocycles. The highest BCUT2D eigenvalue weighted by molar-refractivity contribution is 6.30. The van der Waals surface area contributed by atoms with Gasteiger partial charge < -0.3 is 25.0 Å². The van der Waals surface area contributed by atoms with E-state index in [9.17, 15) is 9.90 Å². The van der Waals surface area contributed by atoms with Gasteiger partial charge in [0, 0.05) is 49.0 Å². The predicted molar refractivity (Wildman–Crippen MR) is 163 cm³/mol. The third kappa shape index (κ3) is 5.66. The number of benzene rings is 1. The van der Waals surface area contributed by atoms with E-state index in [1.165, 1.54) is 24.7 Å². The Morgan fingerprint density at radius 1 is 1.10 bits per heavy atom. The third-order valence-electron chi connectivity index (χ3n) is 8.75. The number of nitrogens with zero attached hydrogens (tertiary/aromatic N) is 6. The molecule has 218 valence electrons. The topological polar surface area (TPSA) is 111 Å². The monoisotopic (exact) mass is 586 g/mol. The lowest BCUT2D eigenvalue weighted by Crippen LogP contribution is -2.53. The normalized spacial score (nSPS) is 22.4. The van der Waals surface area contributed by atoms with Gasteiger partial charge in [-0.05, 0) is 67.5 Å². The van der Waals surface area contributed by atoms with Crippen LogP contribution in [-0.4, -0.2) is 74.6 Å². The number of piperazine rings is 1. The Bertz CT molecular complexity index is 1620. The first-order valence-corrected chi connectivity index (χ1v) is 15.0. The first kappa shape index (κ1) is 27.1. The van der Waals surface area contributed by atoms with Gasteiger partial charge in [-0.2, -0.15) is 0 Å². The number of carbonyl (C=O) groups excluding carboxylic acids is 1. The molecule has 0 spiro atoms. The van der Waals surface area contributed by atoms with Crippen LogP contribution < -0.4 is 15.5 Å². The van der Waals surface area contributed by atoms with Crippen LogP contribution >= 0.6 is 11.6 Å². The average molecular weight is 587 g/mol. The standard InChI is InChI=1S/C31H35ClN8O2/c1-38-7-8-39(16-24(38)17-41)27-10-21(19-5-6-19)14-40-15-23(36-30(27)40)13-33-28-12-29(35-18-34-28)37-31(42)26-11-25(26)20-3-2-4-22(32)9-20/h2-4,9-10,12,14-15,18-19,24-26,41H,5-8,11,13,16-17H2,1H3,(H2,33,34,35,37,42)/t24?,25-,26+/m1/s1. The van der Waals surface area contributed by atoms with E-state index in [4.69, 9.17) is 16.6 Å². The summed E-state index contributed by atoms with van der Waals surface area (Å²) in [7, 11) is 2.07. The molecule has 42 heavy (non-hydrogen) atoms. The summed E-state index contributed by atoms with van der Waals surface area (Å²) in [5, 5.41) is 16.9. The minimum Gasteiger partial charge on any atom is -0.395 e. The fraction of sp³-hybridized carbons (Fsp3) is 0.419. The zero-order valence-corrected chi connectivity index (χ0v) is 24.3. The van der Waals surface area contributed by atoms with Crippen LogP contribution in [0.3, 0.4) is 0 Å². The van der Waals surface area contributed by atoms with Gasteiger partial charge in [-0.1, -0.05) is 23.7 Å². The summed E-state index contributed by atoms with van der Waals surface area (Å²) >= 11 is 6.13. The van der Waals surface area contributed by atoms with Gasteiger partial charge in [0.1, 0.15) is 18.0 Å². The van der Waals surface area contributed by atoms with E-state index in [0.29, 0.717) is 29.1 Å². The van der Waals surface area contributed by atoms with Crippen molar-refractivity contribution < 1.29 is 9.90 Å². The van der Waals surface area contributed by atoms with Gasteiger partial charge in [0.05, 0.1) is 30.6 Å². The average Bonchev–Trinajstić information content (AvgIpc) is 3.92. The van der Waals surface area contributed by atoms with Crippen molar-refractivity contribution in [2.45, 2.75) is 43.7 Å². The quantitative estimate of drug-likeness (QED) is 0.269. The highest BCUT2D eigenvalue weighted by Crippen LogP contribution is 2.48. The lowest BCUT2D eigenvalue weighted by atomic mass is 10.1. The van der Waals surface area contributed by atoms with Crippen LogP contribution in [-0.2, 0) is 11.3 Å². The van der Waals surface area contributed by atoms with Crippen molar-refractivity contribution in [2.75, 3.05) is 48.8 Å². The van der Waals surface area contributed by atoms with E-state index in [2.05, 4.69) is 60.3 Å². The molecule has 7 rings (SSSR count). The summed E-state index contributed by atoms with van der Waals surface area (Å²) in [5.41, 5.74) is 5.38. The molecule has 10 nitrogen and oxygen atoms in total. The second kappa shape index (κ2) is 11.2. The Labute approximate surface area is 249 Å². The largest absolute Gasteiger partial charge is 0.395 e. The number of anilines is 3. The molecular weight excluding hydrogens is 552 g/mol. The first-order chi connectivity index (χ1) is 20.4. The molecule has 1 saturated heterocycles. The van der Waals surface area contributed by atoms with Crippen LogP contribution in [0.15, 0.2) is 55.1 Å². The number of aliphatic hydroxyl groups is 1. The molecule has 3 fully saturated rings. The smallest absolute Gasteiger partial charge is 0.229 e. The molecule has 1 aliphatic heterocycles. The lowest BCUT2D eigenvalue weighted by Gasteiger charge is -2.40. The summed E-state index contributed by atoms with van der Waals surface area (Å²) in [6.07, 6.45) is 8.99. The Morgan fingerprint density at radius 3 is 2.76 bits per heavy atom. The summed E-state index contributed by atoms with van der Waals surface area (Å²) in [4.78, 5) is 31.1. The number of aliphatic hydroxyl groups excluding tert-OH is 1. The number of carbonyl (C=O) groups is 1. The molecule has 0 bridgehead atoms. The molecule has 0 radical (unpaired) electrons. The van der Waals surface area contributed by atoms with Crippen LogP contribution in [0.5, 0.6) is 0 Å². The summed E-state index contributed by atoms with van der Waals surface area (Å²) in [6, 6.07) is 11.9. The number of rotatable bonds is 9. The number of likely N-dealkylation sites (N-methyl/N-ethyl adjacent to an activating group) is 1. The molecule has 2 aliphatic carbocycles. The zero-order valence-electron chi connectivity index (χ0n) is 23.6. The van der Waals surface area contributed by atoms with Crippen molar-refractivity contribution in [3.05, 3.63) is 77.0 Å². The van der Waals surface area contributed by atoms with Crippen LogP contribution in [0.25, 0.3) is 5.65 Å². The van der Waals surface area contributed by atoms with Gasteiger partial charge in [-0.15, -0.1) is 0 Å². The molecule has 1 amide bonds. The molecular formula is C31H35ClN8O2. The van der Waals surface area contributed by atoms with E-state index >= 15 is 0 Å². The number of fused-ring (bicyclic) bond motifs is 1. The molecule has 3 N–H and O–H groups in total. The Balaban J connectivity index is 1.04. The van der Waals surface area contributed by atoms with Gasteiger partial charge in [-0.3, -0.25) is 9.69 Å². The van der Waals surface area contributed by atoms with Gasteiger partial charge in [0.15, 0.2) is 5.65 Å². The number of hydrogen-bond acceptors (Lipinski definition) is 8. The minimum absolute atomic E-state index is 0.0451. The number of nitrogens with one attached hydrogen (secondary N) is 2. The maximum absolute atomic E-state index is 12.9. The fourth-order valence-corrected chi connectivity index (χ4v) is 6.18. The number of aromatic nitrogens is 4. The molecule has 1 unspecified atom stereocenters. The van der Waals surface area contributed by atoms with Crippen molar-refractivity contribution in [1.29, 1.82) is 0 Å². The Morgan fingerprint density at radius 2 is 1.95 bits per heavy atom. The lowest BCUT2D eigenvalue weighted by molar-refractivity contribution is -0.117. The molecule has 3 aliphatic rings. The van der Waals surface area contributed by atoms with E-state index in [1.807, 2.05) is 24.3 Å². The van der Waals surface area contributed by atoms with Crippen molar-refractivity contribution in [3.63, 3.8) is 0 Å². The summed E-state index contributed by atoms with van der Waals surface area (Å²) in [5.74, 6) is 1.75. The maximum atomic E-state index is 12.9. The molecule has 11 heteroatoms. The number of hydrogen-bond donors (Lipinski definition) is 3. The molecule has 4 aromatic rings. The maximum Gasteiger partial charge on any atom is 0.229 e. The van der Waals surface area contributed by atoms with E-state index in [1.54, 1.807) is 6.07 Å². The van der Waals surface area contributed by atoms with Crippen molar-refractivity contribution in [1.82, 2.24) is 24.3 Å². The summed E-state index contributed by atoms with van der Waals surface area (Å²) < 4.78 is 2.14. The number of halogens is 1. The van der Waals surface area contributed by atoms with Crippen molar-refractivity contribution >= 4 is 40.5 Å². The molecule has 4 heterocycles. The van der Waals surface area contributed by atoms with E-state index in [0.717, 1.165) is 48.6 Å². The minimum atomic E-state index is -0.0875. The second-order valence-electron chi connectivity index (χ2n) is 11.8. The third-order valence-corrected chi connectivity index (χ3v) is 8.99. The SMILES string of the molecule is CN1CCN(c2cc(C3CC3)cn3cc(CNc4cc(NC(=O)[C@H]5C[C@@H]5c5cccc(Cl)c5)ncn4)nc23)CC1CO. The zero-order chi connectivity index (χ0) is 28.8. The second-order valence-corrected chi connectivity index (χ2v) is 12.2. The number of amides is 1. The van der Waals surface area contributed by atoms with E-state index in [-0.39, 0.29) is 30.4 Å².